The summed E-state index contributed by atoms with van der Waals surface area (Å²) >= 11 is 4.19. The Bertz CT molecular complexity index is 319. The van der Waals surface area contributed by atoms with Gasteiger partial charge in [0, 0.05) is 61.8 Å². The van der Waals surface area contributed by atoms with Crippen molar-refractivity contribution in [3.8, 4) is 0 Å². The van der Waals surface area contributed by atoms with Crippen molar-refractivity contribution in [3.05, 3.63) is 0 Å². The van der Waals surface area contributed by atoms with E-state index in [1.165, 1.54) is 36.8 Å². The number of aliphatic imine (C=N–C) groups is 1. The minimum absolute atomic E-state index is 0.765. The van der Waals surface area contributed by atoms with Crippen LogP contribution in [0.25, 0.3) is 0 Å². The van der Waals surface area contributed by atoms with E-state index >= 15 is 0 Å². The first kappa shape index (κ1) is 17.3. The molecule has 0 aromatic rings. The second-order valence-electron chi connectivity index (χ2n) is 5.54. The van der Waals surface area contributed by atoms with Crippen molar-refractivity contribution < 1.29 is 0 Å². The third kappa shape index (κ3) is 5.91. The van der Waals surface area contributed by atoms with Gasteiger partial charge in [0.25, 0.3) is 0 Å². The molecule has 122 valence electrons. The van der Waals surface area contributed by atoms with Gasteiger partial charge >= 0.3 is 0 Å². The molecule has 0 spiro atoms. The summed E-state index contributed by atoms with van der Waals surface area (Å²) in [5, 5.41) is 4.24. The molecule has 1 N–H and O–H groups in total. The van der Waals surface area contributed by atoms with Gasteiger partial charge in [-0.05, 0) is 13.3 Å². The Morgan fingerprint density at radius 3 is 2.71 bits per heavy atom. The Hall–Kier alpha value is -0.0700. The Morgan fingerprint density at radius 2 is 2.00 bits per heavy atom. The number of hydrogen-bond donors (Lipinski definition) is 1. The predicted octanol–water partition coefficient (Wildman–Crippen LogP) is 1.83. The van der Waals surface area contributed by atoms with Crippen LogP contribution in [0.2, 0.25) is 0 Å². The van der Waals surface area contributed by atoms with Crippen molar-refractivity contribution in [3.63, 3.8) is 0 Å². The Kier molecular flexibility index (Phi) is 8.11. The van der Waals surface area contributed by atoms with Gasteiger partial charge in [-0.25, -0.2) is 0 Å². The molecule has 0 radical (unpaired) electrons. The van der Waals surface area contributed by atoms with Crippen LogP contribution in [0.3, 0.4) is 0 Å². The molecule has 1 atom stereocenters. The van der Waals surface area contributed by atoms with E-state index in [0.717, 1.165) is 43.9 Å². The van der Waals surface area contributed by atoms with Gasteiger partial charge in [0.15, 0.2) is 5.96 Å². The third-order valence-corrected chi connectivity index (χ3v) is 6.32. The van der Waals surface area contributed by atoms with Crippen molar-refractivity contribution in [2.45, 2.75) is 25.5 Å². The number of guanidine groups is 1. The lowest BCUT2D eigenvalue weighted by atomic mass is 10.3. The first-order valence-corrected chi connectivity index (χ1v) is 10.5. The minimum atomic E-state index is 0.765. The van der Waals surface area contributed by atoms with Crippen LogP contribution in [0.1, 0.15) is 20.3 Å². The first-order valence-electron chi connectivity index (χ1n) is 8.28. The fourth-order valence-corrected chi connectivity index (χ4v) is 4.87. The second kappa shape index (κ2) is 9.85. The molecule has 21 heavy (non-hydrogen) atoms. The van der Waals surface area contributed by atoms with Gasteiger partial charge in [0.1, 0.15) is 0 Å². The van der Waals surface area contributed by atoms with Gasteiger partial charge in [0.05, 0.1) is 6.54 Å². The highest BCUT2D eigenvalue weighted by Gasteiger charge is 2.21. The van der Waals surface area contributed by atoms with Crippen LogP contribution in [0.4, 0.5) is 0 Å². The Morgan fingerprint density at radius 1 is 1.19 bits per heavy atom. The normalized spacial score (nSPS) is 25.1. The molecule has 2 heterocycles. The molecule has 1 unspecified atom stereocenters. The molecule has 2 aliphatic rings. The molecule has 4 nitrogen and oxygen atoms in total. The molecule has 0 aliphatic carbocycles. The lowest BCUT2D eigenvalue weighted by Gasteiger charge is -2.34. The molecular weight excluding hydrogens is 300 g/mol. The fraction of sp³-hybridized carbons (Fsp3) is 0.933. The maximum Gasteiger partial charge on any atom is 0.194 e. The lowest BCUT2D eigenvalue weighted by molar-refractivity contribution is 0.310. The van der Waals surface area contributed by atoms with Crippen LogP contribution in [0.15, 0.2) is 4.99 Å². The van der Waals surface area contributed by atoms with Crippen molar-refractivity contribution in [2.24, 2.45) is 4.99 Å². The van der Waals surface area contributed by atoms with Gasteiger partial charge in [-0.1, -0.05) is 6.92 Å². The van der Waals surface area contributed by atoms with Crippen LogP contribution in [0.5, 0.6) is 0 Å². The summed E-state index contributed by atoms with van der Waals surface area (Å²) in [5.74, 6) is 4.92. The molecule has 2 rings (SSSR count). The van der Waals surface area contributed by atoms with Crippen molar-refractivity contribution in [1.82, 2.24) is 15.1 Å². The molecule has 0 saturated carbocycles. The van der Waals surface area contributed by atoms with Crippen molar-refractivity contribution in [2.75, 3.05) is 63.1 Å². The maximum absolute atomic E-state index is 4.87. The van der Waals surface area contributed by atoms with Gasteiger partial charge in [0.2, 0.25) is 0 Å². The minimum Gasteiger partial charge on any atom is -0.357 e. The van der Waals surface area contributed by atoms with Gasteiger partial charge in [-0.15, -0.1) is 0 Å². The standard InChI is InChI=1S/C15H30N4S2/c1-3-14-13-19(9-12-21-14)15(16-4-2)17-5-6-18-7-10-20-11-8-18/h14H,3-13H2,1-2H3,(H,16,17). The molecule has 2 aliphatic heterocycles. The van der Waals surface area contributed by atoms with Crippen molar-refractivity contribution in [1.29, 1.82) is 0 Å². The molecule has 6 heteroatoms. The fourth-order valence-electron chi connectivity index (χ4n) is 2.71. The summed E-state index contributed by atoms with van der Waals surface area (Å²) in [5.41, 5.74) is 0. The number of nitrogens with zero attached hydrogens (tertiary/aromatic N) is 3. The molecule has 2 saturated heterocycles. The molecular formula is C15H30N4S2. The summed E-state index contributed by atoms with van der Waals surface area (Å²) in [4.78, 5) is 9.88. The smallest absolute Gasteiger partial charge is 0.194 e. The second-order valence-corrected chi connectivity index (χ2v) is 8.17. The highest BCUT2D eigenvalue weighted by atomic mass is 32.2. The summed E-state index contributed by atoms with van der Waals surface area (Å²) in [7, 11) is 0. The summed E-state index contributed by atoms with van der Waals surface area (Å²) in [6.45, 7) is 12.2. The first-order chi connectivity index (χ1) is 10.3. The zero-order valence-corrected chi connectivity index (χ0v) is 15.1. The molecule has 0 aromatic heterocycles. The average Bonchev–Trinajstić information content (AvgIpc) is 2.55. The van der Waals surface area contributed by atoms with Gasteiger partial charge in [-0.3, -0.25) is 9.89 Å². The zero-order chi connectivity index (χ0) is 14.9. The van der Waals surface area contributed by atoms with E-state index < -0.39 is 0 Å². The zero-order valence-electron chi connectivity index (χ0n) is 13.5. The molecule has 0 bridgehead atoms. The number of nitrogens with one attached hydrogen (secondary N) is 1. The van der Waals surface area contributed by atoms with E-state index in [0.29, 0.717) is 0 Å². The summed E-state index contributed by atoms with van der Waals surface area (Å²) in [6.07, 6.45) is 1.26. The molecule has 0 aromatic carbocycles. The van der Waals surface area contributed by atoms with Crippen LogP contribution >= 0.6 is 23.5 Å². The maximum atomic E-state index is 4.87. The van der Waals surface area contributed by atoms with Crippen LogP contribution in [-0.2, 0) is 0 Å². The number of hydrogen-bond acceptors (Lipinski definition) is 4. The van der Waals surface area contributed by atoms with Gasteiger partial charge in [-0.2, -0.15) is 23.5 Å². The highest BCUT2D eigenvalue weighted by molar-refractivity contribution is 8.00. The Balaban J connectivity index is 1.82. The van der Waals surface area contributed by atoms with Crippen molar-refractivity contribution >= 4 is 29.5 Å². The largest absolute Gasteiger partial charge is 0.357 e. The summed E-state index contributed by atoms with van der Waals surface area (Å²) in [6, 6.07) is 0. The molecule has 0 amide bonds. The van der Waals surface area contributed by atoms with E-state index in [9.17, 15) is 0 Å². The van der Waals surface area contributed by atoms with E-state index in [1.807, 2.05) is 0 Å². The SMILES string of the molecule is CCNC(=NCCN1CCSCC1)N1CCSC(CC)C1. The third-order valence-electron chi connectivity index (χ3n) is 4.01. The van der Waals surface area contributed by atoms with Crippen LogP contribution < -0.4 is 5.32 Å². The van der Waals surface area contributed by atoms with Gasteiger partial charge < -0.3 is 10.2 Å². The lowest BCUT2D eigenvalue weighted by Crippen LogP contribution is -2.48. The van der Waals surface area contributed by atoms with Crippen LogP contribution in [0, 0.1) is 0 Å². The monoisotopic (exact) mass is 330 g/mol. The number of thioether (sulfide) groups is 2. The average molecular weight is 331 g/mol. The quantitative estimate of drug-likeness (QED) is 0.614. The summed E-state index contributed by atoms with van der Waals surface area (Å²) < 4.78 is 0. The highest BCUT2D eigenvalue weighted by Crippen LogP contribution is 2.21. The molecule has 2 fully saturated rings. The van der Waals surface area contributed by atoms with E-state index in [1.54, 1.807) is 0 Å². The van der Waals surface area contributed by atoms with Crippen LogP contribution in [-0.4, -0.2) is 84.1 Å². The number of rotatable bonds is 5. The predicted molar refractivity (Wildman–Crippen MR) is 97.9 cm³/mol. The van der Waals surface area contributed by atoms with E-state index in [4.69, 9.17) is 4.99 Å². The Labute approximate surface area is 138 Å². The topological polar surface area (TPSA) is 30.9 Å². The van der Waals surface area contributed by atoms with E-state index in [2.05, 4.69) is 52.5 Å². The van der Waals surface area contributed by atoms with E-state index in [-0.39, 0.29) is 0 Å².